The third-order valence-corrected chi connectivity index (χ3v) is 3.67. The molecule has 2 rings (SSSR count). The summed E-state index contributed by atoms with van der Waals surface area (Å²) in [4.78, 5) is 4.04. The van der Waals surface area contributed by atoms with Crippen LogP contribution in [-0.2, 0) is 19.3 Å². The topological polar surface area (TPSA) is 63.5 Å². The van der Waals surface area contributed by atoms with E-state index in [0.29, 0.717) is 19.0 Å². The van der Waals surface area contributed by atoms with Gasteiger partial charge in [0.2, 0.25) is 0 Å². The van der Waals surface area contributed by atoms with Gasteiger partial charge in [-0.25, -0.2) is 0 Å². The first-order valence-corrected chi connectivity index (χ1v) is 8.89. The maximum Gasteiger partial charge on any atom is 0.416 e. The summed E-state index contributed by atoms with van der Waals surface area (Å²) in [6.45, 7) is 6.48. The minimum absolute atomic E-state index is 0. The molecule has 0 aliphatic heterocycles. The highest BCUT2D eigenvalue weighted by Crippen LogP contribution is 2.35. The second-order valence-electron chi connectivity index (χ2n) is 7.15. The maximum absolute atomic E-state index is 13.5. The molecule has 1 aromatic heterocycles. The van der Waals surface area contributed by atoms with Gasteiger partial charge < -0.3 is 15.4 Å². The molecular weight excluding hydrogens is 498 g/mol. The Hall–Kier alpha value is -1.98. The molecule has 0 amide bonds. The lowest BCUT2D eigenvalue weighted by Crippen LogP contribution is -2.38. The Balaban J connectivity index is 0.00000420. The van der Waals surface area contributed by atoms with Crippen molar-refractivity contribution in [3.05, 3.63) is 47.8 Å². The molecule has 6 nitrogen and oxygen atoms in total. The summed E-state index contributed by atoms with van der Waals surface area (Å²) < 4.78 is 47.8. The summed E-state index contributed by atoms with van der Waals surface area (Å²) in [7, 11) is 1.56. The highest BCUT2D eigenvalue weighted by molar-refractivity contribution is 14.0. The minimum Gasteiger partial charge on any atom is -0.488 e. The summed E-state index contributed by atoms with van der Waals surface area (Å²) in [5.74, 6) is 0.598. The van der Waals surface area contributed by atoms with Gasteiger partial charge >= 0.3 is 6.18 Å². The Morgan fingerprint density at radius 3 is 2.48 bits per heavy atom. The molecule has 0 aliphatic carbocycles. The standard InChI is InChI=1S/C19H26F3N5O.HI/c1-18(2,3)28-15-7-6-14(16(12-15)19(20,21)22)13-25-17(23-4)24-9-11-27-10-5-8-26-27;/h5-8,10,12H,9,11,13H2,1-4H3,(H2,23,24,25);1H. The average Bonchev–Trinajstić information content (AvgIpc) is 3.10. The molecule has 0 spiro atoms. The molecule has 0 saturated carbocycles. The summed E-state index contributed by atoms with van der Waals surface area (Å²) in [5, 5.41) is 10.0. The molecule has 29 heavy (non-hydrogen) atoms. The van der Waals surface area contributed by atoms with Crippen LogP contribution in [0.5, 0.6) is 5.75 Å². The van der Waals surface area contributed by atoms with Gasteiger partial charge in [-0.05, 0) is 44.5 Å². The number of nitrogens with zero attached hydrogens (tertiary/aromatic N) is 3. The SMILES string of the molecule is CN=C(NCCn1cccn1)NCc1ccc(OC(C)(C)C)cc1C(F)(F)F.I. The Morgan fingerprint density at radius 1 is 1.21 bits per heavy atom. The number of aromatic nitrogens is 2. The first-order chi connectivity index (χ1) is 13.1. The molecule has 10 heteroatoms. The number of guanidine groups is 1. The van der Waals surface area contributed by atoms with E-state index in [2.05, 4.69) is 20.7 Å². The molecule has 162 valence electrons. The van der Waals surface area contributed by atoms with Gasteiger partial charge in [0.25, 0.3) is 0 Å². The zero-order valence-electron chi connectivity index (χ0n) is 16.9. The van der Waals surface area contributed by atoms with Gasteiger partial charge in [0.15, 0.2) is 5.96 Å². The van der Waals surface area contributed by atoms with E-state index >= 15 is 0 Å². The summed E-state index contributed by atoms with van der Waals surface area (Å²) in [6, 6.07) is 5.83. The van der Waals surface area contributed by atoms with Crippen molar-refractivity contribution in [3.63, 3.8) is 0 Å². The van der Waals surface area contributed by atoms with Crippen molar-refractivity contribution in [3.8, 4) is 5.75 Å². The molecule has 0 unspecified atom stereocenters. The number of rotatable bonds is 6. The Morgan fingerprint density at radius 2 is 1.93 bits per heavy atom. The van der Waals surface area contributed by atoms with E-state index in [-0.39, 0.29) is 41.8 Å². The van der Waals surface area contributed by atoms with Crippen LogP contribution < -0.4 is 15.4 Å². The lowest BCUT2D eigenvalue weighted by molar-refractivity contribution is -0.138. The molecule has 2 N–H and O–H groups in total. The molecule has 0 bridgehead atoms. The van der Waals surface area contributed by atoms with E-state index in [1.165, 1.54) is 6.07 Å². The Labute approximate surface area is 185 Å². The molecule has 0 aliphatic rings. The third kappa shape index (κ3) is 8.50. The van der Waals surface area contributed by atoms with Gasteiger partial charge in [0.1, 0.15) is 11.4 Å². The second kappa shape index (κ2) is 10.7. The first-order valence-electron chi connectivity index (χ1n) is 8.89. The molecule has 1 heterocycles. The number of halogens is 4. The van der Waals surface area contributed by atoms with Crippen LogP contribution in [0.25, 0.3) is 0 Å². The lowest BCUT2D eigenvalue weighted by atomic mass is 10.1. The van der Waals surface area contributed by atoms with E-state index in [0.717, 1.165) is 6.07 Å². The maximum atomic E-state index is 13.5. The van der Waals surface area contributed by atoms with Gasteiger partial charge in [0.05, 0.1) is 12.1 Å². The summed E-state index contributed by atoms with van der Waals surface area (Å²) in [6.07, 6.45) is -0.973. The number of ether oxygens (including phenoxy) is 1. The summed E-state index contributed by atoms with van der Waals surface area (Å²) >= 11 is 0. The highest BCUT2D eigenvalue weighted by Gasteiger charge is 2.34. The van der Waals surface area contributed by atoms with Gasteiger partial charge in [-0.15, -0.1) is 24.0 Å². The van der Waals surface area contributed by atoms with Crippen LogP contribution in [0.4, 0.5) is 13.2 Å². The van der Waals surface area contributed by atoms with Gasteiger partial charge in [-0.1, -0.05) is 6.07 Å². The van der Waals surface area contributed by atoms with Crippen molar-refractivity contribution in [1.29, 1.82) is 0 Å². The predicted molar refractivity (Wildman–Crippen MR) is 118 cm³/mol. The van der Waals surface area contributed by atoms with Crippen LogP contribution in [0.2, 0.25) is 0 Å². The summed E-state index contributed by atoms with van der Waals surface area (Å²) in [5.41, 5.74) is -1.19. The van der Waals surface area contributed by atoms with Crippen molar-refractivity contribution in [2.24, 2.45) is 4.99 Å². The molecule has 0 fully saturated rings. The van der Waals surface area contributed by atoms with Crippen molar-refractivity contribution in [2.45, 2.75) is 45.6 Å². The quantitative estimate of drug-likeness (QED) is 0.340. The minimum atomic E-state index is -4.48. The van der Waals surface area contributed by atoms with Crippen molar-refractivity contribution >= 4 is 29.9 Å². The lowest BCUT2D eigenvalue weighted by Gasteiger charge is -2.23. The van der Waals surface area contributed by atoms with Crippen molar-refractivity contribution in [1.82, 2.24) is 20.4 Å². The molecule has 2 aromatic rings. The van der Waals surface area contributed by atoms with Crippen molar-refractivity contribution in [2.75, 3.05) is 13.6 Å². The molecule has 1 aromatic carbocycles. The number of hydrogen-bond acceptors (Lipinski definition) is 3. The second-order valence-corrected chi connectivity index (χ2v) is 7.15. The number of alkyl halides is 3. The monoisotopic (exact) mass is 525 g/mol. The van der Waals surface area contributed by atoms with Crippen LogP contribution in [0.1, 0.15) is 31.9 Å². The number of benzene rings is 1. The number of aliphatic imine (C=N–C) groups is 1. The smallest absolute Gasteiger partial charge is 0.416 e. The highest BCUT2D eigenvalue weighted by atomic mass is 127. The first kappa shape index (κ1) is 25.1. The van der Waals surface area contributed by atoms with Crippen LogP contribution in [0.15, 0.2) is 41.7 Å². The Bertz CT molecular complexity index is 786. The van der Waals surface area contributed by atoms with E-state index in [1.807, 2.05) is 12.3 Å². The van der Waals surface area contributed by atoms with E-state index < -0.39 is 17.3 Å². The molecule has 0 saturated heterocycles. The van der Waals surface area contributed by atoms with E-state index in [1.54, 1.807) is 44.8 Å². The van der Waals surface area contributed by atoms with E-state index in [4.69, 9.17) is 4.74 Å². The average molecular weight is 525 g/mol. The fourth-order valence-corrected chi connectivity index (χ4v) is 2.51. The van der Waals surface area contributed by atoms with Crippen LogP contribution in [0, 0.1) is 0 Å². The largest absolute Gasteiger partial charge is 0.488 e. The normalized spacial score (nSPS) is 12.3. The van der Waals surface area contributed by atoms with Crippen LogP contribution in [-0.4, -0.2) is 34.9 Å². The van der Waals surface area contributed by atoms with Gasteiger partial charge in [-0.2, -0.15) is 18.3 Å². The zero-order valence-corrected chi connectivity index (χ0v) is 19.2. The zero-order chi connectivity index (χ0) is 20.8. The Kier molecular flexibility index (Phi) is 9.24. The van der Waals surface area contributed by atoms with E-state index in [9.17, 15) is 13.2 Å². The van der Waals surface area contributed by atoms with Crippen LogP contribution >= 0.6 is 24.0 Å². The predicted octanol–water partition coefficient (Wildman–Crippen LogP) is 4.06. The molecule has 0 atom stereocenters. The fourth-order valence-electron chi connectivity index (χ4n) is 2.51. The third-order valence-electron chi connectivity index (χ3n) is 3.67. The fraction of sp³-hybridized carbons (Fsp3) is 0.474. The van der Waals surface area contributed by atoms with Gasteiger partial charge in [0, 0.05) is 32.5 Å². The molecular formula is C19H27F3IN5O. The number of hydrogen-bond donors (Lipinski definition) is 2. The number of nitrogens with one attached hydrogen (secondary N) is 2. The van der Waals surface area contributed by atoms with Gasteiger partial charge in [-0.3, -0.25) is 9.67 Å². The molecule has 0 radical (unpaired) electrons. The van der Waals surface area contributed by atoms with Crippen LogP contribution in [0.3, 0.4) is 0 Å². The van der Waals surface area contributed by atoms with Crippen molar-refractivity contribution < 1.29 is 17.9 Å².